The number of anilines is 1. The van der Waals surface area contributed by atoms with Gasteiger partial charge in [0.25, 0.3) is 0 Å². The van der Waals surface area contributed by atoms with Gasteiger partial charge in [-0.25, -0.2) is 0 Å². The number of hydrogen-bond donors (Lipinski definition) is 1. The normalized spacial score (nSPS) is 14.4. The number of carbonyl (C=O) groups excluding carboxylic acids is 1. The van der Waals surface area contributed by atoms with Crippen LogP contribution >= 0.6 is 11.6 Å². The van der Waals surface area contributed by atoms with Crippen molar-refractivity contribution < 1.29 is 4.79 Å². The molecule has 144 valence electrons. The lowest BCUT2D eigenvalue weighted by Crippen LogP contribution is -2.49. The van der Waals surface area contributed by atoms with E-state index in [1.807, 2.05) is 54.3 Å². The Bertz CT molecular complexity index is 944. The maximum atomic E-state index is 12.9. The minimum atomic E-state index is 0.146. The van der Waals surface area contributed by atoms with Crippen LogP contribution < -0.4 is 4.90 Å². The number of aromatic nitrogens is 2. The molecule has 3 aromatic rings. The molecule has 1 fully saturated rings. The zero-order chi connectivity index (χ0) is 19.5. The molecule has 5 nitrogen and oxygen atoms in total. The number of para-hydroxylation sites is 1. The average Bonchev–Trinajstić information content (AvgIpc) is 3.09. The van der Waals surface area contributed by atoms with Crippen LogP contribution in [0.1, 0.15) is 11.3 Å². The summed E-state index contributed by atoms with van der Waals surface area (Å²) in [7, 11) is 0. The average molecular weight is 395 g/mol. The highest BCUT2D eigenvalue weighted by molar-refractivity contribution is 6.30. The van der Waals surface area contributed by atoms with Gasteiger partial charge in [0.1, 0.15) is 0 Å². The Morgan fingerprint density at radius 1 is 1.04 bits per heavy atom. The number of hydrogen-bond acceptors (Lipinski definition) is 3. The fraction of sp³-hybridized carbons (Fsp3) is 0.273. The first-order valence-corrected chi connectivity index (χ1v) is 9.87. The van der Waals surface area contributed by atoms with Gasteiger partial charge in [0.2, 0.25) is 5.91 Å². The van der Waals surface area contributed by atoms with Gasteiger partial charge in [-0.3, -0.25) is 9.89 Å². The van der Waals surface area contributed by atoms with Gasteiger partial charge >= 0.3 is 0 Å². The summed E-state index contributed by atoms with van der Waals surface area (Å²) in [5, 5.41) is 8.13. The molecule has 0 atom stereocenters. The molecule has 1 saturated heterocycles. The molecule has 0 saturated carbocycles. The van der Waals surface area contributed by atoms with Crippen LogP contribution in [0.15, 0.2) is 54.6 Å². The van der Waals surface area contributed by atoms with Crippen molar-refractivity contribution in [2.24, 2.45) is 0 Å². The van der Waals surface area contributed by atoms with E-state index in [2.05, 4.69) is 27.2 Å². The quantitative estimate of drug-likeness (QED) is 0.729. The summed E-state index contributed by atoms with van der Waals surface area (Å²) >= 11 is 5.99. The van der Waals surface area contributed by atoms with Gasteiger partial charge in [-0.15, -0.1) is 0 Å². The summed E-state index contributed by atoms with van der Waals surface area (Å²) in [5.74, 6) is 0.146. The molecule has 4 rings (SSSR count). The molecule has 28 heavy (non-hydrogen) atoms. The van der Waals surface area contributed by atoms with Crippen LogP contribution in [-0.2, 0) is 11.2 Å². The monoisotopic (exact) mass is 394 g/mol. The van der Waals surface area contributed by atoms with E-state index in [1.54, 1.807) is 0 Å². The number of benzene rings is 2. The van der Waals surface area contributed by atoms with E-state index in [0.29, 0.717) is 11.4 Å². The SMILES string of the molecule is Cc1[nH]nc(-c2ccc(Cl)cc2)c1CC(=O)N1CCN(c2ccccc2)CC1. The standard InChI is InChI=1S/C22H23ClN4O/c1-16-20(22(25-24-16)17-7-9-18(23)10-8-17)15-21(28)27-13-11-26(12-14-27)19-5-3-2-4-6-19/h2-10H,11-15H2,1H3,(H,24,25). The summed E-state index contributed by atoms with van der Waals surface area (Å²) in [6, 6.07) is 17.9. The Kier molecular flexibility index (Phi) is 5.35. The molecule has 6 heteroatoms. The lowest BCUT2D eigenvalue weighted by Gasteiger charge is -2.36. The second-order valence-electron chi connectivity index (χ2n) is 7.06. The highest BCUT2D eigenvalue weighted by Crippen LogP contribution is 2.26. The van der Waals surface area contributed by atoms with Crippen LogP contribution in [0.25, 0.3) is 11.3 Å². The molecule has 1 aromatic heterocycles. The highest BCUT2D eigenvalue weighted by atomic mass is 35.5. The molecule has 0 spiro atoms. The summed E-state index contributed by atoms with van der Waals surface area (Å²) < 4.78 is 0. The van der Waals surface area contributed by atoms with Gasteiger partial charge in [-0.05, 0) is 31.2 Å². The van der Waals surface area contributed by atoms with Crippen molar-refractivity contribution in [3.63, 3.8) is 0 Å². The van der Waals surface area contributed by atoms with Crippen LogP contribution in [-0.4, -0.2) is 47.2 Å². The van der Waals surface area contributed by atoms with Gasteiger partial charge in [-0.2, -0.15) is 5.10 Å². The van der Waals surface area contributed by atoms with Crippen molar-refractivity contribution in [3.05, 3.63) is 70.9 Å². The molecule has 0 aliphatic carbocycles. The van der Waals surface area contributed by atoms with E-state index in [1.165, 1.54) is 5.69 Å². The Morgan fingerprint density at radius 3 is 2.39 bits per heavy atom. The fourth-order valence-corrected chi connectivity index (χ4v) is 3.76. The highest BCUT2D eigenvalue weighted by Gasteiger charge is 2.24. The number of amides is 1. The molecule has 1 amide bonds. The predicted octanol–water partition coefficient (Wildman–Crippen LogP) is 3.93. The smallest absolute Gasteiger partial charge is 0.227 e. The van der Waals surface area contributed by atoms with Crippen LogP contribution in [0.4, 0.5) is 5.69 Å². The van der Waals surface area contributed by atoms with Gasteiger partial charge in [0.05, 0.1) is 12.1 Å². The minimum absolute atomic E-state index is 0.146. The number of H-pyrrole nitrogens is 1. The number of nitrogens with zero attached hydrogens (tertiary/aromatic N) is 3. The summed E-state index contributed by atoms with van der Waals surface area (Å²) in [4.78, 5) is 17.2. The van der Waals surface area contributed by atoms with Crippen molar-refractivity contribution in [2.45, 2.75) is 13.3 Å². The molecule has 0 unspecified atom stereocenters. The first kappa shape index (κ1) is 18.6. The second kappa shape index (κ2) is 8.07. The van der Waals surface area contributed by atoms with E-state index in [4.69, 9.17) is 11.6 Å². The number of aromatic amines is 1. The molecule has 0 radical (unpaired) electrons. The largest absolute Gasteiger partial charge is 0.368 e. The van der Waals surface area contributed by atoms with E-state index in [0.717, 1.165) is 48.7 Å². The number of aryl methyl sites for hydroxylation is 1. The first-order valence-electron chi connectivity index (χ1n) is 9.49. The summed E-state index contributed by atoms with van der Waals surface area (Å²) in [6.07, 6.45) is 0.353. The maximum Gasteiger partial charge on any atom is 0.227 e. The van der Waals surface area contributed by atoms with Crippen LogP contribution in [0.3, 0.4) is 0 Å². The van der Waals surface area contributed by atoms with Gasteiger partial charge < -0.3 is 9.80 Å². The number of nitrogens with one attached hydrogen (secondary N) is 1. The van der Waals surface area contributed by atoms with Crippen molar-refractivity contribution in [2.75, 3.05) is 31.1 Å². The number of halogens is 1. The molecule has 1 aliphatic rings. The molecular formula is C22H23ClN4O. The Morgan fingerprint density at radius 2 is 1.71 bits per heavy atom. The topological polar surface area (TPSA) is 52.2 Å². The van der Waals surface area contributed by atoms with E-state index in [-0.39, 0.29) is 5.91 Å². The second-order valence-corrected chi connectivity index (χ2v) is 7.50. The lowest BCUT2D eigenvalue weighted by atomic mass is 10.0. The van der Waals surface area contributed by atoms with E-state index < -0.39 is 0 Å². The van der Waals surface area contributed by atoms with Gasteiger partial charge in [0.15, 0.2) is 0 Å². The fourth-order valence-electron chi connectivity index (χ4n) is 3.63. The first-order chi connectivity index (χ1) is 13.6. The van der Waals surface area contributed by atoms with Crippen LogP contribution in [0.2, 0.25) is 5.02 Å². The molecule has 2 aromatic carbocycles. The van der Waals surface area contributed by atoms with Crippen molar-refractivity contribution in [3.8, 4) is 11.3 Å². The van der Waals surface area contributed by atoms with Crippen molar-refractivity contribution >= 4 is 23.2 Å². The lowest BCUT2D eigenvalue weighted by molar-refractivity contribution is -0.130. The zero-order valence-corrected chi connectivity index (χ0v) is 16.6. The Balaban J connectivity index is 1.44. The molecule has 2 heterocycles. The van der Waals surface area contributed by atoms with Crippen LogP contribution in [0.5, 0.6) is 0 Å². The number of carbonyl (C=O) groups is 1. The third kappa shape index (κ3) is 3.90. The molecular weight excluding hydrogens is 372 g/mol. The molecule has 0 bridgehead atoms. The third-order valence-electron chi connectivity index (χ3n) is 5.27. The van der Waals surface area contributed by atoms with Crippen molar-refractivity contribution in [1.29, 1.82) is 0 Å². The molecule has 1 aliphatic heterocycles. The summed E-state index contributed by atoms with van der Waals surface area (Å²) in [5.41, 5.74) is 4.89. The minimum Gasteiger partial charge on any atom is -0.368 e. The third-order valence-corrected chi connectivity index (χ3v) is 5.53. The maximum absolute atomic E-state index is 12.9. The van der Waals surface area contributed by atoms with E-state index >= 15 is 0 Å². The van der Waals surface area contributed by atoms with Gasteiger partial charge in [-0.1, -0.05) is 41.9 Å². The number of rotatable bonds is 4. The number of piperazine rings is 1. The van der Waals surface area contributed by atoms with Gasteiger partial charge in [0, 0.05) is 53.7 Å². The zero-order valence-electron chi connectivity index (χ0n) is 15.9. The van der Waals surface area contributed by atoms with Crippen LogP contribution in [0, 0.1) is 6.92 Å². The Labute approximate surface area is 169 Å². The van der Waals surface area contributed by atoms with E-state index in [9.17, 15) is 4.79 Å². The predicted molar refractivity (Wildman–Crippen MR) is 113 cm³/mol. The molecule has 1 N–H and O–H groups in total. The Hall–Kier alpha value is -2.79. The summed E-state index contributed by atoms with van der Waals surface area (Å²) in [6.45, 7) is 5.14. The van der Waals surface area contributed by atoms with Crippen molar-refractivity contribution in [1.82, 2.24) is 15.1 Å².